The fraction of sp³-hybridized carbons (Fsp3) is 0.536. The second kappa shape index (κ2) is 13.0. The zero-order chi connectivity index (χ0) is 27.0. The van der Waals surface area contributed by atoms with Crippen molar-refractivity contribution in [3.63, 3.8) is 0 Å². The van der Waals surface area contributed by atoms with E-state index in [9.17, 15) is 9.90 Å². The molecule has 9 heteroatoms. The molecule has 1 atom stereocenters. The van der Waals surface area contributed by atoms with E-state index in [0.717, 1.165) is 54.5 Å². The normalized spacial score (nSPS) is 12.6. The third kappa shape index (κ3) is 8.52. The number of anilines is 1. The zero-order valence-electron chi connectivity index (χ0n) is 22.7. The zero-order valence-corrected chi connectivity index (χ0v) is 22.7. The summed E-state index contributed by atoms with van der Waals surface area (Å²) in [5, 5.41) is 10.9. The highest BCUT2D eigenvalue weighted by molar-refractivity contribution is 5.82. The summed E-state index contributed by atoms with van der Waals surface area (Å²) in [6.45, 7) is 7.48. The molecule has 0 aromatic carbocycles. The van der Waals surface area contributed by atoms with Gasteiger partial charge in [-0.05, 0) is 70.6 Å². The quantitative estimate of drug-likeness (QED) is 0.312. The molecule has 3 heterocycles. The standard InChI is InChI=1S/C28H41N5O4/c1-20-15-27(34)33(14-7-6-12-28(2,3)35)24-16-26(31-18-23(20)24)37-22-10-11-25(30-17-22)32(4)13-8-9-21(29)19-36-5/h10-11,15-18,21,35H,6-9,12-14,19,29H2,1-5H3. The number of aliphatic hydroxyl groups is 1. The summed E-state index contributed by atoms with van der Waals surface area (Å²) in [4.78, 5) is 23.9. The molecular formula is C28H41N5O4. The van der Waals surface area contributed by atoms with Crippen LogP contribution in [0.15, 0.2) is 41.5 Å². The fourth-order valence-corrected chi connectivity index (χ4v) is 4.31. The number of rotatable bonds is 14. The Morgan fingerprint density at radius 3 is 2.62 bits per heavy atom. The first-order valence-electron chi connectivity index (χ1n) is 12.9. The van der Waals surface area contributed by atoms with Gasteiger partial charge in [0.25, 0.3) is 5.56 Å². The van der Waals surface area contributed by atoms with Crippen molar-refractivity contribution in [2.24, 2.45) is 5.73 Å². The Kier molecular flexibility index (Phi) is 10.0. The van der Waals surface area contributed by atoms with Gasteiger partial charge in [0.1, 0.15) is 11.6 Å². The van der Waals surface area contributed by atoms with Crippen LogP contribution < -0.4 is 20.9 Å². The Morgan fingerprint density at radius 2 is 1.95 bits per heavy atom. The van der Waals surface area contributed by atoms with E-state index in [4.69, 9.17) is 15.2 Å². The Labute approximate surface area is 219 Å². The van der Waals surface area contributed by atoms with E-state index in [1.807, 2.05) is 32.2 Å². The second-order valence-corrected chi connectivity index (χ2v) is 10.4. The number of methoxy groups -OCH3 is 1. The van der Waals surface area contributed by atoms with Crippen LogP contribution >= 0.6 is 0 Å². The van der Waals surface area contributed by atoms with Gasteiger partial charge in [0.15, 0.2) is 0 Å². The molecule has 9 nitrogen and oxygen atoms in total. The van der Waals surface area contributed by atoms with Gasteiger partial charge < -0.3 is 29.8 Å². The highest BCUT2D eigenvalue weighted by Gasteiger charge is 2.13. The Balaban J connectivity index is 1.69. The van der Waals surface area contributed by atoms with Crippen molar-refractivity contribution >= 4 is 16.7 Å². The summed E-state index contributed by atoms with van der Waals surface area (Å²) in [5.41, 5.74) is 6.90. The van der Waals surface area contributed by atoms with Gasteiger partial charge in [-0.15, -0.1) is 0 Å². The SMILES string of the molecule is COCC(N)CCCN(C)c1ccc(Oc2cc3c(cn2)c(C)cc(=O)n3CCCCC(C)(C)O)cn1. The second-order valence-electron chi connectivity index (χ2n) is 10.4. The smallest absolute Gasteiger partial charge is 0.251 e. The summed E-state index contributed by atoms with van der Waals surface area (Å²) in [7, 11) is 3.66. The maximum atomic E-state index is 12.8. The van der Waals surface area contributed by atoms with Crippen LogP contribution in [0.4, 0.5) is 5.82 Å². The molecule has 0 fully saturated rings. The number of hydrogen-bond donors (Lipinski definition) is 2. The summed E-state index contributed by atoms with van der Waals surface area (Å²) in [6, 6.07) is 7.27. The molecule has 0 aliphatic rings. The van der Waals surface area contributed by atoms with Gasteiger partial charge in [-0.3, -0.25) is 4.79 Å². The summed E-state index contributed by atoms with van der Waals surface area (Å²) in [6.07, 6.45) is 7.55. The minimum atomic E-state index is -0.707. The van der Waals surface area contributed by atoms with Gasteiger partial charge in [-0.25, -0.2) is 9.97 Å². The number of pyridine rings is 3. The minimum absolute atomic E-state index is 0.0458. The first-order chi connectivity index (χ1) is 17.6. The molecule has 0 saturated heterocycles. The third-order valence-corrected chi connectivity index (χ3v) is 6.38. The molecule has 0 bridgehead atoms. The first-order valence-corrected chi connectivity index (χ1v) is 12.9. The molecule has 0 aliphatic carbocycles. The molecule has 37 heavy (non-hydrogen) atoms. The molecule has 0 amide bonds. The van der Waals surface area contributed by atoms with Crippen LogP contribution in [0.1, 0.15) is 51.5 Å². The van der Waals surface area contributed by atoms with Crippen molar-refractivity contribution in [1.82, 2.24) is 14.5 Å². The van der Waals surface area contributed by atoms with Gasteiger partial charge in [0.2, 0.25) is 5.88 Å². The lowest BCUT2D eigenvalue weighted by Crippen LogP contribution is -2.28. The van der Waals surface area contributed by atoms with E-state index in [2.05, 4.69) is 14.9 Å². The van der Waals surface area contributed by atoms with E-state index in [1.54, 1.807) is 44.0 Å². The number of ether oxygens (including phenoxy) is 2. The van der Waals surface area contributed by atoms with Crippen molar-refractivity contribution < 1.29 is 14.6 Å². The van der Waals surface area contributed by atoms with E-state index >= 15 is 0 Å². The number of fused-ring (bicyclic) bond motifs is 1. The molecule has 0 radical (unpaired) electrons. The van der Waals surface area contributed by atoms with Crippen molar-refractivity contribution in [1.29, 1.82) is 0 Å². The van der Waals surface area contributed by atoms with E-state index < -0.39 is 5.60 Å². The van der Waals surface area contributed by atoms with Gasteiger partial charge in [-0.2, -0.15) is 0 Å². The van der Waals surface area contributed by atoms with Crippen molar-refractivity contribution in [2.45, 2.75) is 71.1 Å². The lowest BCUT2D eigenvalue weighted by Gasteiger charge is -2.19. The van der Waals surface area contributed by atoms with Crippen molar-refractivity contribution in [3.8, 4) is 11.6 Å². The Hall–Kier alpha value is -3.01. The van der Waals surface area contributed by atoms with Gasteiger partial charge in [-0.1, -0.05) is 0 Å². The molecule has 0 aliphatic heterocycles. The first kappa shape index (κ1) is 28.6. The maximum Gasteiger partial charge on any atom is 0.251 e. The predicted molar refractivity (Wildman–Crippen MR) is 148 cm³/mol. The highest BCUT2D eigenvalue weighted by Crippen LogP contribution is 2.25. The molecular weight excluding hydrogens is 470 g/mol. The topological polar surface area (TPSA) is 116 Å². The van der Waals surface area contributed by atoms with E-state index in [0.29, 0.717) is 31.2 Å². The third-order valence-electron chi connectivity index (χ3n) is 6.38. The summed E-state index contributed by atoms with van der Waals surface area (Å²) >= 11 is 0. The molecule has 202 valence electrons. The average Bonchev–Trinajstić information content (AvgIpc) is 2.83. The maximum absolute atomic E-state index is 12.8. The lowest BCUT2D eigenvalue weighted by molar-refractivity contribution is 0.0679. The van der Waals surface area contributed by atoms with E-state index in [-0.39, 0.29) is 11.6 Å². The highest BCUT2D eigenvalue weighted by atomic mass is 16.5. The fourth-order valence-electron chi connectivity index (χ4n) is 4.31. The van der Waals surface area contributed by atoms with Crippen LogP contribution in [0, 0.1) is 6.92 Å². The molecule has 0 spiro atoms. The minimum Gasteiger partial charge on any atom is -0.437 e. The number of unbranched alkanes of at least 4 members (excludes halogenated alkanes) is 1. The summed E-state index contributed by atoms with van der Waals surface area (Å²) < 4.78 is 12.8. The van der Waals surface area contributed by atoms with Gasteiger partial charge in [0, 0.05) is 57.0 Å². The molecule has 3 aromatic heterocycles. The Bertz CT molecular complexity index is 1200. The molecule has 0 saturated carbocycles. The van der Waals surface area contributed by atoms with Crippen LogP contribution in [0.3, 0.4) is 0 Å². The molecule has 3 aromatic rings. The molecule has 1 unspecified atom stereocenters. The monoisotopic (exact) mass is 511 g/mol. The largest absolute Gasteiger partial charge is 0.437 e. The predicted octanol–water partition coefficient (Wildman–Crippen LogP) is 4.02. The molecule has 3 N–H and O–H groups in total. The van der Waals surface area contributed by atoms with Crippen molar-refractivity contribution in [3.05, 3.63) is 52.6 Å². The van der Waals surface area contributed by atoms with Crippen LogP contribution in [0.25, 0.3) is 10.9 Å². The van der Waals surface area contributed by atoms with Crippen LogP contribution in [-0.4, -0.2) is 58.6 Å². The van der Waals surface area contributed by atoms with Gasteiger partial charge >= 0.3 is 0 Å². The van der Waals surface area contributed by atoms with Crippen LogP contribution in [-0.2, 0) is 11.3 Å². The lowest BCUT2D eigenvalue weighted by atomic mass is 10.0. The van der Waals surface area contributed by atoms with Crippen molar-refractivity contribution in [2.75, 3.05) is 32.2 Å². The van der Waals surface area contributed by atoms with Crippen LogP contribution in [0.2, 0.25) is 0 Å². The average molecular weight is 512 g/mol. The molecule has 3 rings (SSSR count). The van der Waals surface area contributed by atoms with E-state index in [1.165, 1.54) is 0 Å². The number of nitrogens with two attached hydrogens (primary N) is 1. The van der Waals surface area contributed by atoms with Crippen LogP contribution in [0.5, 0.6) is 11.6 Å². The number of aryl methyl sites for hydroxylation is 2. The number of nitrogens with zero attached hydrogens (tertiary/aromatic N) is 4. The number of hydrogen-bond acceptors (Lipinski definition) is 8. The van der Waals surface area contributed by atoms with Gasteiger partial charge in [0.05, 0.1) is 23.9 Å². The Morgan fingerprint density at radius 1 is 1.16 bits per heavy atom. The number of aromatic nitrogens is 3. The summed E-state index contributed by atoms with van der Waals surface area (Å²) in [5.74, 6) is 1.81.